The molecule has 0 spiro atoms. The molecule has 0 atom stereocenters. The fourth-order valence-corrected chi connectivity index (χ4v) is 1.42. The summed E-state index contributed by atoms with van der Waals surface area (Å²) in [5.74, 6) is 0. The summed E-state index contributed by atoms with van der Waals surface area (Å²) < 4.78 is 0. The molecular weight excluding hydrogens is 168 g/mol. The second-order valence-electron chi connectivity index (χ2n) is 3.49. The molecule has 0 aromatic carbocycles. The van der Waals surface area contributed by atoms with Crippen LogP contribution in [0.5, 0.6) is 0 Å². The zero-order chi connectivity index (χ0) is 9.47. The van der Waals surface area contributed by atoms with Gasteiger partial charge in [0.1, 0.15) is 6.33 Å². The SMILES string of the molecule is CC1(C)NC(=O)Nc2cncnc21. The Hall–Kier alpha value is -1.65. The van der Waals surface area contributed by atoms with Crippen molar-refractivity contribution in [2.45, 2.75) is 19.4 Å². The topological polar surface area (TPSA) is 66.9 Å². The Labute approximate surface area is 75.6 Å². The van der Waals surface area contributed by atoms with Gasteiger partial charge < -0.3 is 10.6 Å². The van der Waals surface area contributed by atoms with Crippen molar-refractivity contribution in [2.75, 3.05) is 5.32 Å². The predicted octanol–water partition coefficient (Wildman–Crippen LogP) is 0.847. The minimum atomic E-state index is -0.430. The number of anilines is 1. The lowest BCUT2D eigenvalue weighted by atomic mass is 9.97. The first kappa shape index (κ1) is 7.97. The maximum absolute atomic E-state index is 11.2. The third kappa shape index (κ3) is 1.22. The van der Waals surface area contributed by atoms with Crippen LogP contribution in [0, 0.1) is 0 Å². The number of nitrogens with zero attached hydrogens (tertiary/aromatic N) is 2. The van der Waals surface area contributed by atoms with E-state index >= 15 is 0 Å². The van der Waals surface area contributed by atoms with Gasteiger partial charge in [0, 0.05) is 0 Å². The van der Waals surface area contributed by atoms with Gasteiger partial charge in [-0.05, 0) is 13.8 Å². The van der Waals surface area contributed by atoms with Gasteiger partial charge in [-0.1, -0.05) is 0 Å². The maximum atomic E-state index is 11.2. The summed E-state index contributed by atoms with van der Waals surface area (Å²) in [6.45, 7) is 3.80. The van der Waals surface area contributed by atoms with Crippen LogP contribution in [0.3, 0.4) is 0 Å². The van der Waals surface area contributed by atoms with Gasteiger partial charge in [0.15, 0.2) is 0 Å². The van der Waals surface area contributed by atoms with E-state index in [1.807, 2.05) is 13.8 Å². The molecule has 13 heavy (non-hydrogen) atoms. The summed E-state index contributed by atoms with van der Waals surface area (Å²) >= 11 is 0. The average molecular weight is 178 g/mol. The van der Waals surface area contributed by atoms with Gasteiger partial charge in [0.25, 0.3) is 0 Å². The Balaban J connectivity index is 2.56. The highest BCUT2D eigenvalue weighted by Gasteiger charge is 2.32. The quantitative estimate of drug-likeness (QED) is 0.618. The van der Waals surface area contributed by atoms with Gasteiger partial charge in [0.05, 0.1) is 23.1 Å². The number of amides is 2. The molecule has 68 valence electrons. The summed E-state index contributed by atoms with van der Waals surface area (Å²) in [4.78, 5) is 19.1. The maximum Gasteiger partial charge on any atom is 0.320 e. The molecule has 0 unspecified atom stereocenters. The minimum Gasteiger partial charge on any atom is -0.327 e. The highest BCUT2D eigenvalue weighted by molar-refractivity contribution is 5.92. The fourth-order valence-electron chi connectivity index (χ4n) is 1.42. The van der Waals surface area contributed by atoms with Crippen LogP contribution in [-0.2, 0) is 5.54 Å². The molecule has 1 aromatic rings. The van der Waals surface area contributed by atoms with Crippen molar-refractivity contribution in [3.05, 3.63) is 18.2 Å². The number of nitrogens with one attached hydrogen (secondary N) is 2. The van der Waals surface area contributed by atoms with Crippen molar-refractivity contribution in [3.8, 4) is 0 Å². The lowest BCUT2D eigenvalue weighted by Crippen LogP contribution is -2.48. The van der Waals surface area contributed by atoms with Crippen LogP contribution >= 0.6 is 0 Å². The van der Waals surface area contributed by atoms with Gasteiger partial charge in [-0.3, -0.25) is 0 Å². The first-order valence-electron chi connectivity index (χ1n) is 3.99. The van der Waals surface area contributed by atoms with E-state index in [1.165, 1.54) is 6.33 Å². The zero-order valence-corrected chi connectivity index (χ0v) is 7.46. The minimum absolute atomic E-state index is 0.215. The lowest BCUT2D eigenvalue weighted by molar-refractivity contribution is 0.238. The largest absolute Gasteiger partial charge is 0.327 e. The molecule has 2 heterocycles. The number of carbonyl (C=O) groups excluding carboxylic acids is 1. The highest BCUT2D eigenvalue weighted by Crippen LogP contribution is 2.27. The second kappa shape index (κ2) is 2.42. The van der Waals surface area contributed by atoms with E-state index in [0.29, 0.717) is 5.69 Å². The molecule has 5 heteroatoms. The molecule has 1 aliphatic rings. The molecular formula is C8H10N4O. The standard InChI is InChI=1S/C8H10N4O/c1-8(2)6-5(3-9-4-10-6)11-7(13)12-8/h3-4H,1-2H3,(H2,11,12,13). The van der Waals surface area contributed by atoms with E-state index in [1.54, 1.807) is 6.20 Å². The van der Waals surface area contributed by atoms with E-state index < -0.39 is 5.54 Å². The first-order valence-corrected chi connectivity index (χ1v) is 3.99. The molecule has 5 nitrogen and oxygen atoms in total. The van der Waals surface area contributed by atoms with Crippen LogP contribution in [0.25, 0.3) is 0 Å². The first-order chi connectivity index (χ1) is 6.09. The molecule has 0 fully saturated rings. The molecule has 0 saturated carbocycles. The molecule has 2 N–H and O–H groups in total. The molecule has 2 amide bonds. The van der Waals surface area contributed by atoms with Crippen LogP contribution < -0.4 is 10.6 Å². The Morgan fingerprint density at radius 1 is 1.46 bits per heavy atom. The molecule has 0 bridgehead atoms. The number of hydrogen-bond donors (Lipinski definition) is 2. The van der Waals surface area contributed by atoms with Crippen molar-refractivity contribution >= 4 is 11.7 Å². The summed E-state index contributed by atoms with van der Waals surface area (Å²) in [6.07, 6.45) is 3.07. The second-order valence-corrected chi connectivity index (χ2v) is 3.49. The summed E-state index contributed by atoms with van der Waals surface area (Å²) in [5, 5.41) is 5.41. The molecule has 0 aliphatic carbocycles. The van der Waals surface area contributed by atoms with Crippen molar-refractivity contribution < 1.29 is 4.79 Å². The molecule has 0 radical (unpaired) electrons. The Morgan fingerprint density at radius 2 is 2.23 bits per heavy atom. The van der Waals surface area contributed by atoms with E-state index in [9.17, 15) is 4.79 Å². The summed E-state index contributed by atoms with van der Waals surface area (Å²) in [5.41, 5.74) is 1.05. The van der Waals surface area contributed by atoms with E-state index in [0.717, 1.165) is 5.69 Å². The van der Waals surface area contributed by atoms with Gasteiger partial charge in [-0.25, -0.2) is 14.8 Å². The van der Waals surface area contributed by atoms with Crippen molar-refractivity contribution in [2.24, 2.45) is 0 Å². The van der Waals surface area contributed by atoms with Crippen LogP contribution in [0.1, 0.15) is 19.5 Å². The number of rotatable bonds is 0. The van der Waals surface area contributed by atoms with E-state index in [2.05, 4.69) is 20.6 Å². The Bertz CT molecular complexity index is 361. The van der Waals surface area contributed by atoms with Gasteiger partial charge in [0.2, 0.25) is 0 Å². The fraction of sp³-hybridized carbons (Fsp3) is 0.375. The molecule has 0 saturated heterocycles. The van der Waals surface area contributed by atoms with Crippen molar-refractivity contribution in [3.63, 3.8) is 0 Å². The Kier molecular flexibility index (Phi) is 1.48. The third-order valence-corrected chi connectivity index (χ3v) is 1.98. The van der Waals surface area contributed by atoms with Crippen molar-refractivity contribution in [1.29, 1.82) is 0 Å². The highest BCUT2D eigenvalue weighted by atomic mass is 16.2. The van der Waals surface area contributed by atoms with Gasteiger partial charge >= 0.3 is 6.03 Å². The Morgan fingerprint density at radius 3 is 3.00 bits per heavy atom. The van der Waals surface area contributed by atoms with E-state index in [-0.39, 0.29) is 6.03 Å². The number of carbonyl (C=O) groups is 1. The summed E-state index contributed by atoms with van der Waals surface area (Å²) in [7, 11) is 0. The summed E-state index contributed by atoms with van der Waals surface area (Å²) in [6, 6.07) is -0.215. The monoisotopic (exact) mass is 178 g/mol. The average Bonchev–Trinajstić information content (AvgIpc) is 2.02. The smallest absolute Gasteiger partial charge is 0.320 e. The van der Waals surface area contributed by atoms with Crippen LogP contribution in [0.2, 0.25) is 0 Å². The number of urea groups is 1. The van der Waals surface area contributed by atoms with Gasteiger partial charge in [-0.2, -0.15) is 0 Å². The molecule has 2 rings (SSSR count). The number of aromatic nitrogens is 2. The predicted molar refractivity (Wildman–Crippen MR) is 47.2 cm³/mol. The van der Waals surface area contributed by atoms with E-state index in [4.69, 9.17) is 0 Å². The lowest BCUT2D eigenvalue weighted by Gasteiger charge is -2.31. The zero-order valence-electron chi connectivity index (χ0n) is 7.46. The van der Waals surface area contributed by atoms with Crippen LogP contribution in [0.4, 0.5) is 10.5 Å². The third-order valence-electron chi connectivity index (χ3n) is 1.98. The van der Waals surface area contributed by atoms with Crippen LogP contribution in [0.15, 0.2) is 12.5 Å². The van der Waals surface area contributed by atoms with Crippen molar-refractivity contribution in [1.82, 2.24) is 15.3 Å². The van der Waals surface area contributed by atoms with Gasteiger partial charge in [-0.15, -0.1) is 0 Å². The normalized spacial score (nSPS) is 18.5. The molecule has 1 aliphatic heterocycles. The number of fused-ring (bicyclic) bond motifs is 1. The molecule has 1 aromatic heterocycles. The number of hydrogen-bond acceptors (Lipinski definition) is 3. The van der Waals surface area contributed by atoms with Crippen LogP contribution in [-0.4, -0.2) is 16.0 Å².